The van der Waals surface area contributed by atoms with Gasteiger partial charge in [0, 0.05) is 10.6 Å². The van der Waals surface area contributed by atoms with E-state index in [9.17, 15) is 13.0 Å². The van der Waals surface area contributed by atoms with Crippen LogP contribution < -0.4 is 4.74 Å². The lowest BCUT2D eigenvalue weighted by Crippen LogP contribution is -2.09. The molecule has 0 amide bonds. The zero-order chi connectivity index (χ0) is 17.7. The molecular formula is C18H22O4S2. The molecule has 0 aliphatic carbocycles. The molecule has 4 nitrogen and oxygen atoms in total. The van der Waals surface area contributed by atoms with Gasteiger partial charge in [0.25, 0.3) is 10.1 Å². The molecular weight excluding hydrogens is 344 g/mol. The van der Waals surface area contributed by atoms with Gasteiger partial charge in [-0.2, -0.15) is 8.42 Å². The quantitative estimate of drug-likeness (QED) is 0.587. The number of hydrogen-bond donors (Lipinski definition) is 1. The predicted molar refractivity (Wildman–Crippen MR) is 97.6 cm³/mol. The molecule has 130 valence electrons. The Hall–Kier alpha value is -1.50. The van der Waals surface area contributed by atoms with Gasteiger partial charge in [0.05, 0.1) is 12.0 Å². The highest BCUT2D eigenvalue weighted by molar-refractivity contribution is 7.99. The summed E-state index contributed by atoms with van der Waals surface area (Å²) in [6.45, 7) is 3.98. The fraction of sp³-hybridized carbons (Fsp3) is 0.333. The van der Waals surface area contributed by atoms with Crippen LogP contribution in [0.2, 0.25) is 0 Å². The maximum atomic E-state index is 11.5. The van der Waals surface area contributed by atoms with Crippen LogP contribution in [0, 0.1) is 12.8 Å². The van der Waals surface area contributed by atoms with Crippen molar-refractivity contribution in [3.8, 4) is 5.75 Å². The first-order valence-corrected chi connectivity index (χ1v) is 10.1. The maximum absolute atomic E-state index is 11.5. The lowest BCUT2D eigenvalue weighted by molar-refractivity contribution is 0.405. The summed E-state index contributed by atoms with van der Waals surface area (Å²) in [5, 5.41) is 0. The SMILES string of the molecule is COc1ccccc1SCC(C)Cc1cc(C)ccc1S(=O)(=O)O. The Morgan fingerprint density at radius 1 is 1.21 bits per heavy atom. The molecule has 0 radical (unpaired) electrons. The molecule has 2 rings (SSSR count). The van der Waals surface area contributed by atoms with Crippen LogP contribution in [0.5, 0.6) is 5.75 Å². The standard InChI is InChI=1S/C18H22O4S2/c1-13-8-9-18(24(19,20)21)15(10-13)11-14(2)12-23-17-7-5-4-6-16(17)22-3/h4-10,14H,11-12H2,1-3H3,(H,19,20,21). The van der Waals surface area contributed by atoms with E-state index in [0.717, 1.165) is 22.0 Å². The fourth-order valence-corrected chi connectivity index (χ4v) is 4.29. The van der Waals surface area contributed by atoms with E-state index in [1.807, 2.05) is 37.3 Å². The van der Waals surface area contributed by atoms with Crippen molar-refractivity contribution in [3.63, 3.8) is 0 Å². The van der Waals surface area contributed by atoms with E-state index < -0.39 is 10.1 Å². The summed E-state index contributed by atoms with van der Waals surface area (Å²) in [6.07, 6.45) is 0.582. The lowest BCUT2D eigenvalue weighted by atomic mass is 10.0. The molecule has 1 unspecified atom stereocenters. The van der Waals surface area contributed by atoms with Crippen molar-refractivity contribution in [2.24, 2.45) is 5.92 Å². The molecule has 2 aromatic rings. The third-order valence-electron chi connectivity index (χ3n) is 3.65. The fourth-order valence-electron chi connectivity index (χ4n) is 2.52. The smallest absolute Gasteiger partial charge is 0.294 e. The van der Waals surface area contributed by atoms with Gasteiger partial charge in [0.15, 0.2) is 0 Å². The van der Waals surface area contributed by atoms with Crippen LogP contribution in [0.25, 0.3) is 0 Å². The van der Waals surface area contributed by atoms with E-state index in [0.29, 0.717) is 12.0 Å². The van der Waals surface area contributed by atoms with Gasteiger partial charge in [0.2, 0.25) is 0 Å². The topological polar surface area (TPSA) is 63.6 Å². The van der Waals surface area contributed by atoms with Crippen molar-refractivity contribution in [1.82, 2.24) is 0 Å². The number of rotatable bonds is 7. The number of ether oxygens (including phenoxy) is 1. The molecule has 1 atom stereocenters. The van der Waals surface area contributed by atoms with E-state index >= 15 is 0 Å². The van der Waals surface area contributed by atoms with E-state index in [-0.39, 0.29) is 10.8 Å². The molecule has 0 saturated heterocycles. The third-order valence-corrected chi connectivity index (χ3v) is 5.99. The van der Waals surface area contributed by atoms with Gasteiger partial charge in [-0.3, -0.25) is 4.55 Å². The van der Waals surface area contributed by atoms with Gasteiger partial charge in [-0.05, 0) is 43.0 Å². The lowest BCUT2D eigenvalue weighted by Gasteiger charge is -2.15. The highest BCUT2D eigenvalue weighted by Gasteiger charge is 2.17. The molecule has 0 saturated carbocycles. The summed E-state index contributed by atoms with van der Waals surface area (Å²) in [5.74, 6) is 1.89. The van der Waals surface area contributed by atoms with Crippen molar-refractivity contribution in [2.75, 3.05) is 12.9 Å². The van der Waals surface area contributed by atoms with Crippen LogP contribution in [0.1, 0.15) is 18.1 Å². The van der Waals surface area contributed by atoms with Crippen LogP contribution in [-0.4, -0.2) is 25.8 Å². The van der Waals surface area contributed by atoms with Crippen molar-refractivity contribution in [1.29, 1.82) is 0 Å². The van der Waals surface area contributed by atoms with Crippen LogP contribution in [0.3, 0.4) is 0 Å². The Morgan fingerprint density at radius 2 is 1.92 bits per heavy atom. The number of aryl methyl sites for hydroxylation is 1. The normalized spacial score (nSPS) is 12.8. The zero-order valence-electron chi connectivity index (χ0n) is 14.0. The number of thioether (sulfide) groups is 1. The predicted octanol–water partition coefficient (Wildman–Crippen LogP) is 4.22. The molecule has 0 aromatic heterocycles. The highest BCUT2D eigenvalue weighted by atomic mass is 32.2. The van der Waals surface area contributed by atoms with Gasteiger partial charge in [-0.25, -0.2) is 0 Å². The van der Waals surface area contributed by atoms with Crippen molar-refractivity contribution < 1.29 is 17.7 Å². The molecule has 2 aromatic carbocycles. The third kappa shape index (κ3) is 5.00. The molecule has 24 heavy (non-hydrogen) atoms. The summed E-state index contributed by atoms with van der Waals surface area (Å²) >= 11 is 1.68. The van der Waals surface area contributed by atoms with Gasteiger partial charge in [0.1, 0.15) is 5.75 Å². The Kier molecular flexibility index (Phi) is 6.32. The molecule has 0 spiro atoms. The average Bonchev–Trinajstić information content (AvgIpc) is 2.52. The summed E-state index contributed by atoms with van der Waals surface area (Å²) < 4.78 is 37.8. The van der Waals surface area contributed by atoms with E-state index in [2.05, 4.69) is 6.92 Å². The summed E-state index contributed by atoms with van der Waals surface area (Å²) in [6, 6.07) is 12.8. The van der Waals surface area contributed by atoms with E-state index in [1.54, 1.807) is 24.9 Å². The first-order valence-electron chi connectivity index (χ1n) is 7.64. The van der Waals surface area contributed by atoms with Gasteiger partial charge in [-0.15, -0.1) is 11.8 Å². The van der Waals surface area contributed by atoms with E-state index in [4.69, 9.17) is 4.74 Å². The van der Waals surface area contributed by atoms with Gasteiger partial charge < -0.3 is 4.74 Å². The second kappa shape index (κ2) is 8.05. The number of benzene rings is 2. The van der Waals surface area contributed by atoms with Gasteiger partial charge >= 0.3 is 0 Å². The minimum Gasteiger partial charge on any atom is -0.496 e. The first kappa shape index (κ1) is 18.8. The zero-order valence-corrected chi connectivity index (χ0v) is 15.7. The molecule has 0 heterocycles. The molecule has 0 bridgehead atoms. The average molecular weight is 367 g/mol. The molecule has 0 aliphatic rings. The summed E-state index contributed by atoms with van der Waals surface area (Å²) in [5.41, 5.74) is 1.63. The summed E-state index contributed by atoms with van der Waals surface area (Å²) in [7, 11) is -2.55. The number of hydrogen-bond acceptors (Lipinski definition) is 4. The Morgan fingerprint density at radius 3 is 2.58 bits per heavy atom. The summed E-state index contributed by atoms with van der Waals surface area (Å²) in [4.78, 5) is 1.06. The highest BCUT2D eigenvalue weighted by Crippen LogP contribution is 2.31. The number of para-hydroxylation sites is 1. The van der Waals surface area contributed by atoms with Crippen molar-refractivity contribution in [3.05, 3.63) is 53.6 Å². The second-order valence-corrected chi connectivity index (χ2v) is 8.31. The minimum atomic E-state index is -4.20. The monoisotopic (exact) mass is 366 g/mol. The second-order valence-electron chi connectivity index (χ2n) is 5.86. The van der Waals surface area contributed by atoms with Crippen LogP contribution >= 0.6 is 11.8 Å². The first-order chi connectivity index (χ1) is 11.3. The molecule has 0 aliphatic heterocycles. The number of methoxy groups -OCH3 is 1. The Balaban J connectivity index is 2.10. The molecule has 0 fully saturated rings. The van der Waals surface area contributed by atoms with Crippen LogP contribution in [-0.2, 0) is 16.5 Å². The Labute approximate surface area is 148 Å². The molecule has 6 heteroatoms. The van der Waals surface area contributed by atoms with Crippen molar-refractivity contribution in [2.45, 2.75) is 30.1 Å². The van der Waals surface area contributed by atoms with E-state index in [1.165, 1.54) is 6.07 Å². The van der Waals surface area contributed by atoms with Gasteiger partial charge in [-0.1, -0.05) is 36.8 Å². The van der Waals surface area contributed by atoms with Crippen molar-refractivity contribution >= 4 is 21.9 Å². The largest absolute Gasteiger partial charge is 0.496 e. The van der Waals surface area contributed by atoms with Crippen LogP contribution in [0.4, 0.5) is 0 Å². The minimum absolute atomic E-state index is 0.00208. The van der Waals surface area contributed by atoms with Crippen LogP contribution in [0.15, 0.2) is 52.3 Å². The Bertz CT molecular complexity index is 800. The molecule has 1 N–H and O–H groups in total. The maximum Gasteiger partial charge on any atom is 0.294 e.